The Morgan fingerprint density at radius 3 is 2.74 bits per heavy atom. The molecule has 1 aliphatic carbocycles. The van der Waals surface area contributed by atoms with Gasteiger partial charge in [0.05, 0.1) is 30.1 Å². The fraction of sp³-hybridized carbons (Fsp3) is 0.545. The van der Waals surface area contributed by atoms with Gasteiger partial charge in [0.15, 0.2) is 0 Å². The summed E-state index contributed by atoms with van der Waals surface area (Å²) in [5.74, 6) is -0.0381. The molecule has 1 aromatic heterocycles. The van der Waals surface area contributed by atoms with E-state index < -0.39 is 0 Å². The number of nitrogens with one attached hydrogen (secondary N) is 1. The number of amides is 1. The van der Waals surface area contributed by atoms with E-state index in [4.69, 9.17) is 4.74 Å². The predicted molar refractivity (Wildman–Crippen MR) is 107 cm³/mol. The zero-order chi connectivity index (χ0) is 18.9. The van der Waals surface area contributed by atoms with Gasteiger partial charge >= 0.3 is 0 Å². The molecule has 27 heavy (non-hydrogen) atoms. The van der Waals surface area contributed by atoms with Gasteiger partial charge in [0.2, 0.25) is 0 Å². The second kappa shape index (κ2) is 10.3. The van der Waals surface area contributed by atoms with Crippen LogP contribution in [0.1, 0.15) is 67.1 Å². The molecule has 1 aromatic carbocycles. The van der Waals surface area contributed by atoms with Gasteiger partial charge in [-0.2, -0.15) is 5.10 Å². The van der Waals surface area contributed by atoms with Gasteiger partial charge < -0.3 is 10.1 Å². The first-order valence-electron chi connectivity index (χ1n) is 10.3. The van der Waals surface area contributed by atoms with Crippen LogP contribution in [0.15, 0.2) is 36.5 Å². The summed E-state index contributed by atoms with van der Waals surface area (Å²) < 4.78 is 7.85. The zero-order valence-corrected chi connectivity index (χ0v) is 16.3. The van der Waals surface area contributed by atoms with Crippen LogP contribution >= 0.6 is 0 Å². The van der Waals surface area contributed by atoms with Gasteiger partial charge in [-0.25, -0.2) is 0 Å². The van der Waals surface area contributed by atoms with Crippen LogP contribution in [0.2, 0.25) is 0 Å². The van der Waals surface area contributed by atoms with E-state index in [1.54, 1.807) is 6.20 Å². The fourth-order valence-corrected chi connectivity index (χ4v) is 3.72. The Labute approximate surface area is 162 Å². The quantitative estimate of drug-likeness (QED) is 0.681. The minimum atomic E-state index is -0.0381. The zero-order valence-electron chi connectivity index (χ0n) is 16.3. The molecule has 1 amide bonds. The highest BCUT2D eigenvalue weighted by Crippen LogP contribution is 2.20. The van der Waals surface area contributed by atoms with E-state index in [1.165, 1.54) is 37.7 Å². The highest BCUT2D eigenvalue weighted by Gasteiger charge is 2.16. The number of carbonyl (C=O) groups excluding carboxylic acids is 1. The molecule has 5 heteroatoms. The highest BCUT2D eigenvalue weighted by molar-refractivity contribution is 5.95. The lowest BCUT2D eigenvalue weighted by atomic mass is 9.98. The Bertz CT molecular complexity index is 706. The monoisotopic (exact) mass is 369 g/mol. The Hall–Kier alpha value is -2.14. The van der Waals surface area contributed by atoms with Crippen molar-refractivity contribution in [2.75, 3.05) is 13.2 Å². The third-order valence-corrected chi connectivity index (χ3v) is 5.22. The van der Waals surface area contributed by atoms with Crippen molar-refractivity contribution in [2.45, 2.75) is 64.5 Å². The van der Waals surface area contributed by atoms with Gasteiger partial charge in [0, 0.05) is 13.2 Å². The van der Waals surface area contributed by atoms with E-state index in [-0.39, 0.29) is 5.91 Å². The summed E-state index contributed by atoms with van der Waals surface area (Å²) in [7, 11) is 0. The average molecular weight is 370 g/mol. The van der Waals surface area contributed by atoms with E-state index in [9.17, 15) is 4.79 Å². The molecule has 0 atom stereocenters. The number of hydrogen-bond donors (Lipinski definition) is 1. The summed E-state index contributed by atoms with van der Waals surface area (Å²) in [5, 5.41) is 7.46. The van der Waals surface area contributed by atoms with E-state index in [0.717, 1.165) is 25.1 Å². The van der Waals surface area contributed by atoms with Crippen LogP contribution in [-0.4, -0.2) is 34.9 Å². The molecule has 0 radical (unpaired) electrons. The minimum Gasteiger partial charge on any atom is -0.378 e. The van der Waals surface area contributed by atoms with Crippen LogP contribution in [0.3, 0.4) is 0 Å². The van der Waals surface area contributed by atoms with Crippen molar-refractivity contribution in [3.63, 3.8) is 0 Å². The smallest absolute Gasteiger partial charge is 0.254 e. The molecule has 0 saturated heterocycles. The van der Waals surface area contributed by atoms with Crippen molar-refractivity contribution in [3.05, 3.63) is 53.3 Å². The summed E-state index contributed by atoms with van der Waals surface area (Å²) in [5.41, 5.74) is 2.85. The van der Waals surface area contributed by atoms with Gasteiger partial charge in [0.25, 0.3) is 5.91 Å². The fourth-order valence-electron chi connectivity index (χ4n) is 3.72. The Balaban J connectivity index is 1.46. The SMILES string of the molecule is CCc1c(C(=O)NCCCOC2CCCCC2)cnn1Cc1ccccc1. The lowest BCUT2D eigenvalue weighted by molar-refractivity contribution is 0.0273. The molecule has 1 aliphatic rings. The molecule has 1 heterocycles. The van der Waals surface area contributed by atoms with Gasteiger partial charge in [0.1, 0.15) is 0 Å². The van der Waals surface area contributed by atoms with Crippen molar-refractivity contribution < 1.29 is 9.53 Å². The number of hydrogen-bond acceptors (Lipinski definition) is 3. The molecule has 0 aliphatic heterocycles. The van der Waals surface area contributed by atoms with Crippen LogP contribution < -0.4 is 5.32 Å². The first-order valence-corrected chi connectivity index (χ1v) is 10.3. The molecule has 0 unspecified atom stereocenters. The van der Waals surface area contributed by atoms with E-state index in [1.807, 2.05) is 22.9 Å². The molecule has 1 saturated carbocycles. The van der Waals surface area contributed by atoms with Crippen LogP contribution in [0.25, 0.3) is 0 Å². The maximum absolute atomic E-state index is 12.5. The molecular formula is C22H31N3O2. The summed E-state index contributed by atoms with van der Waals surface area (Å²) >= 11 is 0. The van der Waals surface area contributed by atoms with Crippen LogP contribution in [0.4, 0.5) is 0 Å². The maximum atomic E-state index is 12.5. The summed E-state index contributed by atoms with van der Waals surface area (Å²) in [6.45, 7) is 4.11. The predicted octanol–water partition coefficient (Wildman–Crippen LogP) is 3.96. The maximum Gasteiger partial charge on any atom is 0.254 e. The number of carbonyl (C=O) groups is 1. The van der Waals surface area contributed by atoms with Crippen molar-refractivity contribution in [3.8, 4) is 0 Å². The summed E-state index contributed by atoms with van der Waals surface area (Å²) in [6.07, 6.45) is 10.0. The molecule has 146 valence electrons. The van der Waals surface area contributed by atoms with Gasteiger partial charge in [-0.3, -0.25) is 9.48 Å². The van der Waals surface area contributed by atoms with Crippen molar-refractivity contribution >= 4 is 5.91 Å². The molecule has 2 aromatic rings. The largest absolute Gasteiger partial charge is 0.378 e. The van der Waals surface area contributed by atoms with Gasteiger partial charge in [-0.15, -0.1) is 0 Å². The number of rotatable bonds is 9. The summed E-state index contributed by atoms with van der Waals surface area (Å²) in [6, 6.07) is 10.2. The van der Waals surface area contributed by atoms with E-state index in [2.05, 4.69) is 29.5 Å². The van der Waals surface area contributed by atoms with Gasteiger partial charge in [-0.05, 0) is 31.2 Å². The molecule has 5 nitrogen and oxygen atoms in total. The van der Waals surface area contributed by atoms with E-state index >= 15 is 0 Å². The molecular weight excluding hydrogens is 338 g/mol. The third kappa shape index (κ3) is 5.67. The molecule has 3 rings (SSSR count). The van der Waals surface area contributed by atoms with Crippen molar-refractivity contribution in [2.24, 2.45) is 0 Å². The Kier molecular flexibility index (Phi) is 7.45. The van der Waals surface area contributed by atoms with Crippen LogP contribution in [-0.2, 0) is 17.7 Å². The lowest BCUT2D eigenvalue weighted by Gasteiger charge is -2.21. The van der Waals surface area contributed by atoms with Crippen LogP contribution in [0, 0.1) is 0 Å². The number of aromatic nitrogens is 2. The lowest BCUT2D eigenvalue weighted by Crippen LogP contribution is -2.27. The topological polar surface area (TPSA) is 56.1 Å². The van der Waals surface area contributed by atoms with Crippen molar-refractivity contribution in [1.29, 1.82) is 0 Å². The molecule has 0 spiro atoms. The first kappa shape index (κ1) is 19.6. The molecule has 1 N–H and O–H groups in total. The average Bonchev–Trinajstić information content (AvgIpc) is 3.11. The van der Waals surface area contributed by atoms with Crippen molar-refractivity contribution in [1.82, 2.24) is 15.1 Å². The van der Waals surface area contributed by atoms with Crippen LogP contribution in [0.5, 0.6) is 0 Å². The second-order valence-electron chi connectivity index (χ2n) is 7.24. The third-order valence-electron chi connectivity index (χ3n) is 5.22. The minimum absolute atomic E-state index is 0.0381. The number of benzene rings is 1. The summed E-state index contributed by atoms with van der Waals surface area (Å²) in [4.78, 5) is 12.5. The highest BCUT2D eigenvalue weighted by atomic mass is 16.5. The standard InChI is InChI=1S/C22H31N3O2/c1-2-21-20(16-24-25(21)17-18-10-5-3-6-11-18)22(26)23-14-9-15-27-19-12-7-4-8-13-19/h3,5-6,10-11,16,19H,2,4,7-9,12-15,17H2,1H3,(H,23,26). The van der Waals surface area contributed by atoms with E-state index in [0.29, 0.717) is 24.8 Å². The normalized spacial score (nSPS) is 15.0. The Morgan fingerprint density at radius 2 is 2.00 bits per heavy atom. The number of ether oxygens (including phenoxy) is 1. The Morgan fingerprint density at radius 1 is 1.22 bits per heavy atom. The number of nitrogens with zero attached hydrogens (tertiary/aromatic N) is 2. The second-order valence-corrected chi connectivity index (χ2v) is 7.24. The molecule has 1 fully saturated rings. The molecule has 0 bridgehead atoms. The van der Waals surface area contributed by atoms with Gasteiger partial charge in [-0.1, -0.05) is 56.5 Å². The first-order chi connectivity index (χ1) is 13.3.